The van der Waals surface area contributed by atoms with Crippen molar-refractivity contribution in [2.45, 2.75) is 38.8 Å². The Morgan fingerprint density at radius 3 is 3.00 bits per heavy atom. The first kappa shape index (κ1) is 15.5. The topological polar surface area (TPSA) is 50.6 Å². The minimum Gasteiger partial charge on any atom is -0.374 e. The second kappa shape index (κ2) is 7.24. The zero-order valence-corrected chi connectivity index (χ0v) is 13.4. The third-order valence-electron chi connectivity index (χ3n) is 4.45. The van der Waals surface area contributed by atoms with Crippen molar-refractivity contribution in [1.82, 2.24) is 19.6 Å². The number of hydrogen-bond acceptors (Lipinski definition) is 4. The summed E-state index contributed by atoms with van der Waals surface area (Å²) in [6, 6.07) is 0. The maximum absolute atomic E-state index is 11.6. The first-order valence-corrected chi connectivity index (χ1v) is 8.31. The minimum absolute atomic E-state index is 0.210. The molecule has 2 fully saturated rings. The summed E-state index contributed by atoms with van der Waals surface area (Å²) >= 11 is 0. The average molecular weight is 306 g/mol. The van der Waals surface area contributed by atoms with Gasteiger partial charge in [-0.1, -0.05) is 0 Å². The van der Waals surface area contributed by atoms with Crippen LogP contribution in [0.2, 0.25) is 0 Å². The molecule has 2 saturated heterocycles. The Bertz CT molecular complexity index is 502. The maximum Gasteiger partial charge on any atom is 0.222 e. The molecule has 0 spiro atoms. The van der Waals surface area contributed by atoms with Crippen molar-refractivity contribution >= 4 is 5.91 Å². The van der Waals surface area contributed by atoms with Gasteiger partial charge in [-0.25, -0.2) is 0 Å². The molecule has 3 heterocycles. The summed E-state index contributed by atoms with van der Waals surface area (Å²) < 4.78 is 7.82. The average Bonchev–Trinajstić information content (AvgIpc) is 3.09. The van der Waals surface area contributed by atoms with Gasteiger partial charge >= 0.3 is 0 Å². The lowest BCUT2D eigenvalue weighted by molar-refractivity contribution is -0.127. The van der Waals surface area contributed by atoms with E-state index in [9.17, 15) is 4.79 Å². The van der Waals surface area contributed by atoms with Gasteiger partial charge in [-0.15, -0.1) is 0 Å². The molecule has 2 aliphatic heterocycles. The van der Waals surface area contributed by atoms with E-state index in [1.165, 1.54) is 5.56 Å². The van der Waals surface area contributed by atoms with Crippen molar-refractivity contribution in [3.05, 3.63) is 18.0 Å². The number of carbonyl (C=O) groups is 1. The summed E-state index contributed by atoms with van der Waals surface area (Å²) in [5, 5.41) is 4.33. The molecule has 3 rings (SSSR count). The molecule has 2 aliphatic rings. The number of aryl methyl sites for hydroxylation is 1. The van der Waals surface area contributed by atoms with Crippen LogP contribution in [0.15, 0.2) is 12.4 Å². The molecule has 1 atom stereocenters. The van der Waals surface area contributed by atoms with Crippen LogP contribution in [0.1, 0.15) is 24.8 Å². The van der Waals surface area contributed by atoms with Crippen molar-refractivity contribution in [3.63, 3.8) is 0 Å². The van der Waals surface area contributed by atoms with Crippen molar-refractivity contribution in [2.24, 2.45) is 0 Å². The van der Waals surface area contributed by atoms with E-state index in [1.54, 1.807) is 0 Å². The predicted octanol–water partition coefficient (Wildman–Crippen LogP) is 0.905. The zero-order chi connectivity index (χ0) is 15.4. The van der Waals surface area contributed by atoms with Crippen molar-refractivity contribution < 1.29 is 9.53 Å². The highest BCUT2D eigenvalue weighted by molar-refractivity contribution is 5.77. The molecule has 0 saturated carbocycles. The number of nitrogens with zero attached hydrogens (tertiary/aromatic N) is 4. The van der Waals surface area contributed by atoms with Gasteiger partial charge in [0.1, 0.15) is 0 Å². The minimum atomic E-state index is 0.210. The van der Waals surface area contributed by atoms with Crippen LogP contribution < -0.4 is 0 Å². The molecule has 22 heavy (non-hydrogen) atoms. The Morgan fingerprint density at radius 2 is 2.27 bits per heavy atom. The molecular weight excluding hydrogens is 280 g/mol. The lowest BCUT2D eigenvalue weighted by atomic mass is 10.2. The lowest BCUT2D eigenvalue weighted by Gasteiger charge is -2.33. The fourth-order valence-corrected chi connectivity index (χ4v) is 3.30. The third kappa shape index (κ3) is 4.08. The number of aromatic nitrogens is 2. The van der Waals surface area contributed by atoms with Crippen LogP contribution in [-0.2, 0) is 16.1 Å². The molecule has 0 radical (unpaired) electrons. The van der Waals surface area contributed by atoms with Gasteiger partial charge in [-0.05, 0) is 25.3 Å². The van der Waals surface area contributed by atoms with E-state index in [-0.39, 0.29) is 6.10 Å². The smallest absolute Gasteiger partial charge is 0.222 e. The Labute approximate surface area is 132 Å². The molecule has 1 aromatic heterocycles. The van der Waals surface area contributed by atoms with E-state index in [0.29, 0.717) is 5.91 Å². The Balaban J connectivity index is 1.39. The molecule has 6 nitrogen and oxygen atoms in total. The number of amides is 1. The van der Waals surface area contributed by atoms with Crippen LogP contribution >= 0.6 is 0 Å². The molecule has 122 valence electrons. The van der Waals surface area contributed by atoms with Gasteiger partial charge in [-0.2, -0.15) is 5.10 Å². The molecule has 1 unspecified atom stereocenters. The van der Waals surface area contributed by atoms with Gasteiger partial charge in [0.05, 0.1) is 25.5 Å². The highest BCUT2D eigenvalue weighted by atomic mass is 16.5. The first-order chi connectivity index (χ1) is 10.7. The van der Waals surface area contributed by atoms with E-state index >= 15 is 0 Å². The normalized spacial score (nSPS) is 23.4. The molecule has 0 aromatic carbocycles. The zero-order valence-electron chi connectivity index (χ0n) is 13.4. The van der Waals surface area contributed by atoms with Crippen LogP contribution in [0.4, 0.5) is 0 Å². The second-order valence-corrected chi connectivity index (χ2v) is 6.37. The van der Waals surface area contributed by atoms with E-state index in [4.69, 9.17) is 4.74 Å². The molecule has 0 aliphatic carbocycles. The fraction of sp³-hybridized carbons (Fsp3) is 0.750. The van der Waals surface area contributed by atoms with Gasteiger partial charge in [0.2, 0.25) is 5.91 Å². The quantitative estimate of drug-likeness (QED) is 0.784. The van der Waals surface area contributed by atoms with Crippen LogP contribution in [-0.4, -0.2) is 70.9 Å². The van der Waals surface area contributed by atoms with Gasteiger partial charge in [-0.3, -0.25) is 14.4 Å². The largest absolute Gasteiger partial charge is 0.374 e. The number of likely N-dealkylation sites (tertiary alicyclic amines) is 1. The summed E-state index contributed by atoms with van der Waals surface area (Å²) in [5.74, 6) is 0.328. The van der Waals surface area contributed by atoms with Gasteiger partial charge in [0.15, 0.2) is 0 Å². The van der Waals surface area contributed by atoms with E-state index < -0.39 is 0 Å². The lowest BCUT2D eigenvalue weighted by Crippen LogP contribution is -2.45. The molecule has 0 N–H and O–H groups in total. The molecule has 6 heteroatoms. The van der Waals surface area contributed by atoms with Gasteiger partial charge in [0, 0.05) is 45.3 Å². The number of carbonyl (C=O) groups excluding carboxylic acids is 1. The fourth-order valence-electron chi connectivity index (χ4n) is 3.30. The second-order valence-electron chi connectivity index (χ2n) is 6.37. The van der Waals surface area contributed by atoms with Crippen LogP contribution in [0.3, 0.4) is 0 Å². The van der Waals surface area contributed by atoms with E-state index in [0.717, 1.165) is 65.1 Å². The predicted molar refractivity (Wildman–Crippen MR) is 83.6 cm³/mol. The van der Waals surface area contributed by atoms with Crippen LogP contribution in [0.25, 0.3) is 0 Å². The number of hydrogen-bond donors (Lipinski definition) is 0. The molecule has 1 aromatic rings. The molecule has 0 bridgehead atoms. The SMILES string of the molecule is Cc1cnn(CC2CN(CCCN3CCCC3=O)CCO2)c1. The first-order valence-electron chi connectivity index (χ1n) is 8.31. The van der Waals surface area contributed by atoms with Crippen LogP contribution in [0.5, 0.6) is 0 Å². The summed E-state index contributed by atoms with van der Waals surface area (Å²) in [7, 11) is 0. The maximum atomic E-state index is 11.6. The monoisotopic (exact) mass is 306 g/mol. The van der Waals surface area contributed by atoms with Crippen molar-refractivity contribution in [3.8, 4) is 0 Å². The summed E-state index contributed by atoms with van der Waals surface area (Å²) in [6.07, 6.45) is 6.97. The van der Waals surface area contributed by atoms with Gasteiger partial charge in [0.25, 0.3) is 0 Å². The Hall–Kier alpha value is -1.40. The standard InChI is InChI=1S/C16H26N4O2/c1-14-10-17-20(11-14)13-15-12-18(8-9-22-15)5-3-7-19-6-2-4-16(19)21/h10-11,15H,2-9,12-13H2,1H3. The summed E-state index contributed by atoms with van der Waals surface area (Å²) in [6.45, 7) is 8.49. The number of morpholine rings is 1. The third-order valence-corrected chi connectivity index (χ3v) is 4.45. The van der Waals surface area contributed by atoms with Crippen LogP contribution in [0, 0.1) is 6.92 Å². The van der Waals surface area contributed by atoms with Gasteiger partial charge < -0.3 is 9.64 Å². The van der Waals surface area contributed by atoms with Crippen molar-refractivity contribution in [2.75, 3.05) is 39.3 Å². The molecule has 1 amide bonds. The van der Waals surface area contributed by atoms with Crippen molar-refractivity contribution in [1.29, 1.82) is 0 Å². The van der Waals surface area contributed by atoms with E-state index in [2.05, 4.69) is 23.1 Å². The number of rotatable bonds is 6. The highest BCUT2D eigenvalue weighted by Gasteiger charge is 2.22. The Morgan fingerprint density at radius 1 is 1.36 bits per heavy atom. The Kier molecular flexibility index (Phi) is 5.10. The highest BCUT2D eigenvalue weighted by Crippen LogP contribution is 2.12. The summed E-state index contributed by atoms with van der Waals surface area (Å²) in [5.41, 5.74) is 1.18. The van der Waals surface area contributed by atoms with E-state index in [1.807, 2.05) is 15.8 Å². The summed E-state index contributed by atoms with van der Waals surface area (Å²) in [4.78, 5) is 16.1. The number of ether oxygens (including phenoxy) is 1. The molecular formula is C16H26N4O2.